The molecular formula is C28H27N3O6. The van der Waals surface area contributed by atoms with Crippen molar-refractivity contribution in [3.05, 3.63) is 99.1 Å². The van der Waals surface area contributed by atoms with Crippen molar-refractivity contribution >= 4 is 34.5 Å². The van der Waals surface area contributed by atoms with Crippen LogP contribution in [0.15, 0.2) is 72.3 Å². The minimum atomic E-state index is -1.07. The van der Waals surface area contributed by atoms with Crippen molar-refractivity contribution in [3.63, 3.8) is 0 Å². The normalized spacial score (nSPS) is 16.7. The number of nitro groups is 1. The van der Waals surface area contributed by atoms with E-state index < -0.39 is 28.4 Å². The molecule has 1 heterocycles. The molecule has 1 unspecified atom stereocenters. The van der Waals surface area contributed by atoms with Gasteiger partial charge in [-0.2, -0.15) is 0 Å². The van der Waals surface area contributed by atoms with Crippen molar-refractivity contribution in [1.82, 2.24) is 0 Å². The highest BCUT2D eigenvalue weighted by Crippen LogP contribution is 2.45. The topological polar surface area (TPSA) is 124 Å². The molecule has 0 aliphatic carbocycles. The second-order valence-electron chi connectivity index (χ2n) is 8.73. The van der Waals surface area contributed by atoms with Crippen molar-refractivity contribution in [1.29, 1.82) is 0 Å². The molecule has 190 valence electrons. The third kappa shape index (κ3) is 4.63. The quantitative estimate of drug-likeness (QED) is 0.152. The maximum Gasteiger partial charge on any atom is 0.300 e. The molecule has 9 nitrogen and oxygen atoms in total. The van der Waals surface area contributed by atoms with Gasteiger partial charge in [0.15, 0.2) is 0 Å². The Morgan fingerprint density at radius 3 is 2.32 bits per heavy atom. The number of carbonyl (C=O) groups excluding carboxylic acids is 2. The molecule has 1 amide bonds. The van der Waals surface area contributed by atoms with E-state index in [9.17, 15) is 29.9 Å². The minimum Gasteiger partial charge on any atom is -0.507 e. The lowest BCUT2D eigenvalue weighted by atomic mass is 9.94. The second-order valence-corrected chi connectivity index (χ2v) is 8.73. The number of benzene rings is 3. The number of phenols is 1. The SMILES string of the molecule is CCN(CC)c1ccc(C2/C(=C(/O)c3cccc([N+](=O)[O-])c3)C(=O)C(=O)N2c2cc(C)ccc2O)cc1. The number of carbonyl (C=O) groups is 2. The summed E-state index contributed by atoms with van der Waals surface area (Å²) >= 11 is 0. The first kappa shape index (κ1) is 25.4. The fraction of sp³-hybridized carbons (Fsp3) is 0.214. The molecule has 0 aromatic heterocycles. The van der Waals surface area contributed by atoms with Crippen molar-refractivity contribution in [2.75, 3.05) is 22.9 Å². The van der Waals surface area contributed by atoms with E-state index in [0.29, 0.717) is 5.56 Å². The van der Waals surface area contributed by atoms with Crippen LogP contribution in [0.25, 0.3) is 5.76 Å². The highest BCUT2D eigenvalue weighted by Gasteiger charge is 2.47. The summed E-state index contributed by atoms with van der Waals surface area (Å²) in [5, 5.41) is 33.1. The molecule has 9 heteroatoms. The number of anilines is 2. The maximum absolute atomic E-state index is 13.3. The van der Waals surface area contributed by atoms with Crippen LogP contribution < -0.4 is 9.80 Å². The number of phenolic OH excluding ortho intramolecular Hbond substituents is 1. The summed E-state index contributed by atoms with van der Waals surface area (Å²) in [6, 6.07) is 16.1. The van der Waals surface area contributed by atoms with Crippen LogP contribution >= 0.6 is 0 Å². The molecule has 0 saturated carbocycles. The molecule has 0 radical (unpaired) electrons. The van der Waals surface area contributed by atoms with Crippen molar-refractivity contribution < 1.29 is 24.7 Å². The van der Waals surface area contributed by atoms with Crippen LogP contribution in [0.3, 0.4) is 0 Å². The molecule has 1 saturated heterocycles. The van der Waals surface area contributed by atoms with Gasteiger partial charge in [-0.15, -0.1) is 0 Å². The van der Waals surface area contributed by atoms with E-state index in [1.165, 1.54) is 29.2 Å². The number of rotatable bonds is 7. The molecule has 1 aliphatic rings. The van der Waals surface area contributed by atoms with Crippen LogP contribution in [0.5, 0.6) is 5.75 Å². The summed E-state index contributed by atoms with van der Waals surface area (Å²) in [4.78, 5) is 40.7. The molecule has 1 atom stereocenters. The molecule has 2 N–H and O–H groups in total. The highest BCUT2D eigenvalue weighted by molar-refractivity contribution is 6.52. The van der Waals surface area contributed by atoms with Gasteiger partial charge in [0.2, 0.25) is 0 Å². The van der Waals surface area contributed by atoms with E-state index in [1.807, 2.05) is 26.0 Å². The number of nitro benzene ring substituents is 1. The van der Waals surface area contributed by atoms with Gasteiger partial charge in [0.05, 0.1) is 22.2 Å². The van der Waals surface area contributed by atoms with E-state index in [4.69, 9.17) is 0 Å². The van der Waals surface area contributed by atoms with Crippen molar-refractivity contribution in [3.8, 4) is 5.75 Å². The van der Waals surface area contributed by atoms with Gasteiger partial charge in [-0.25, -0.2) is 0 Å². The number of hydrogen-bond donors (Lipinski definition) is 2. The molecule has 1 fully saturated rings. The standard InChI is InChI=1S/C28H27N3O6/c1-4-29(5-2)20-12-10-18(11-13-20)25-24(26(33)19-7-6-8-21(16-19)31(36)37)27(34)28(35)30(25)22-15-17(3)9-14-23(22)32/h6-16,25,32-33H,4-5H2,1-3H3/b26-24-. The van der Waals surface area contributed by atoms with Gasteiger partial charge in [0, 0.05) is 36.5 Å². The van der Waals surface area contributed by atoms with Crippen LogP contribution in [-0.4, -0.2) is 39.9 Å². The van der Waals surface area contributed by atoms with Gasteiger partial charge in [-0.1, -0.05) is 30.3 Å². The van der Waals surface area contributed by atoms with E-state index in [0.717, 1.165) is 30.4 Å². The Morgan fingerprint density at radius 1 is 1.03 bits per heavy atom. The van der Waals surface area contributed by atoms with E-state index in [-0.39, 0.29) is 28.3 Å². The number of aliphatic hydroxyl groups is 1. The number of nitrogens with zero attached hydrogens (tertiary/aromatic N) is 3. The number of aliphatic hydroxyl groups excluding tert-OH is 1. The largest absolute Gasteiger partial charge is 0.507 e. The van der Waals surface area contributed by atoms with Gasteiger partial charge in [-0.3, -0.25) is 24.6 Å². The number of amides is 1. The Bertz CT molecular complexity index is 1410. The fourth-order valence-electron chi connectivity index (χ4n) is 4.60. The summed E-state index contributed by atoms with van der Waals surface area (Å²) < 4.78 is 0. The zero-order valence-electron chi connectivity index (χ0n) is 20.7. The monoisotopic (exact) mass is 501 g/mol. The zero-order valence-corrected chi connectivity index (χ0v) is 20.7. The van der Waals surface area contributed by atoms with Gasteiger partial charge in [-0.05, 0) is 56.2 Å². The molecule has 3 aromatic carbocycles. The number of Topliss-reactive ketones (excluding diaryl/α,β-unsaturated/α-hetero) is 1. The van der Waals surface area contributed by atoms with Crippen molar-refractivity contribution in [2.24, 2.45) is 0 Å². The fourth-order valence-corrected chi connectivity index (χ4v) is 4.60. The minimum absolute atomic E-state index is 0.0328. The van der Waals surface area contributed by atoms with Gasteiger partial charge >= 0.3 is 0 Å². The van der Waals surface area contributed by atoms with Crippen LogP contribution in [0.4, 0.5) is 17.1 Å². The third-order valence-corrected chi connectivity index (χ3v) is 6.50. The molecule has 37 heavy (non-hydrogen) atoms. The molecule has 3 aromatic rings. The van der Waals surface area contributed by atoms with Crippen LogP contribution in [-0.2, 0) is 9.59 Å². The summed E-state index contributed by atoms with van der Waals surface area (Å²) in [5.74, 6) is -2.62. The van der Waals surface area contributed by atoms with Crippen LogP contribution in [0.1, 0.15) is 36.6 Å². The van der Waals surface area contributed by atoms with Gasteiger partial charge < -0.3 is 15.1 Å². The van der Waals surface area contributed by atoms with Gasteiger partial charge in [0.25, 0.3) is 17.4 Å². The lowest BCUT2D eigenvalue weighted by molar-refractivity contribution is -0.384. The second kappa shape index (κ2) is 10.1. The Hall–Kier alpha value is -4.66. The Kier molecular flexibility index (Phi) is 6.97. The first-order valence-corrected chi connectivity index (χ1v) is 11.9. The predicted octanol–water partition coefficient (Wildman–Crippen LogP) is 5.08. The smallest absolute Gasteiger partial charge is 0.300 e. The summed E-state index contributed by atoms with van der Waals surface area (Å²) in [5.41, 5.74) is 1.90. The Balaban J connectivity index is 1.95. The Labute approximate surface area is 214 Å². The number of aromatic hydroxyl groups is 1. The molecule has 0 bridgehead atoms. The average molecular weight is 502 g/mol. The first-order valence-electron chi connectivity index (χ1n) is 11.9. The van der Waals surface area contributed by atoms with Gasteiger partial charge in [0.1, 0.15) is 11.5 Å². The lowest BCUT2D eigenvalue weighted by Gasteiger charge is -2.27. The molecule has 0 spiro atoms. The molecule has 4 rings (SSSR count). The van der Waals surface area contributed by atoms with E-state index in [2.05, 4.69) is 4.90 Å². The molecular weight excluding hydrogens is 474 g/mol. The lowest BCUT2D eigenvalue weighted by Crippen LogP contribution is -2.29. The average Bonchev–Trinajstić information content (AvgIpc) is 3.16. The first-order chi connectivity index (χ1) is 17.7. The number of ketones is 1. The summed E-state index contributed by atoms with van der Waals surface area (Å²) in [6.45, 7) is 7.44. The van der Waals surface area contributed by atoms with Crippen molar-refractivity contribution in [2.45, 2.75) is 26.8 Å². The molecule has 1 aliphatic heterocycles. The zero-order chi connectivity index (χ0) is 26.9. The van der Waals surface area contributed by atoms with E-state index >= 15 is 0 Å². The number of hydrogen-bond acceptors (Lipinski definition) is 7. The highest BCUT2D eigenvalue weighted by atomic mass is 16.6. The maximum atomic E-state index is 13.3. The number of aryl methyl sites for hydroxylation is 1. The number of non-ortho nitro benzene ring substituents is 1. The van der Waals surface area contributed by atoms with E-state index in [1.54, 1.807) is 31.2 Å². The van der Waals surface area contributed by atoms with Crippen LogP contribution in [0.2, 0.25) is 0 Å². The predicted molar refractivity (Wildman–Crippen MR) is 141 cm³/mol. The summed E-state index contributed by atoms with van der Waals surface area (Å²) in [6.07, 6.45) is 0. The summed E-state index contributed by atoms with van der Waals surface area (Å²) in [7, 11) is 0. The third-order valence-electron chi connectivity index (χ3n) is 6.50. The Morgan fingerprint density at radius 2 is 1.70 bits per heavy atom. The van der Waals surface area contributed by atoms with Crippen LogP contribution in [0, 0.1) is 17.0 Å².